The van der Waals surface area contributed by atoms with Crippen molar-refractivity contribution in [1.29, 1.82) is 0 Å². The Morgan fingerprint density at radius 1 is 1.03 bits per heavy atom. The molecule has 0 fully saturated rings. The van der Waals surface area contributed by atoms with E-state index in [1.807, 2.05) is 32.9 Å². The van der Waals surface area contributed by atoms with E-state index < -0.39 is 15.8 Å². The number of fused-ring (bicyclic) bond motifs is 1. The molecule has 8 nitrogen and oxygen atoms in total. The van der Waals surface area contributed by atoms with Crippen molar-refractivity contribution < 1.29 is 17.2 Å². The van der Waals surface area contributed by atoms with Gasteiger partial charge in [0.2, 0.25) is 10.0 Å². The lowest BCUT2D eigenvalue weighted by atomic mass is 10.1. The average molecular weight is 482 g/mol. The zero-order chi connectivity index (χ0) is 24.2. The van der Waals surface area contributed by atoms with Crippen LogP contribution in [0.1, 0.15) is 27.9 Å². The molecule has 0 saturated carbocycles. The van der Waals surface area contributed by atoms with Crippen LogP contribution in [0.25, 0.3) is 23.0 Å². The molecule has 0 spiro atoms. The van der Waals surface area contributed by atoms with Crippen molar-refractivity contribution >= 4 is 10.0 Å². The van der Waals surface area contributed by atoms with Crippen LogP contribution in [0.2, 0.25) is 0 Å². The highest BCUT2D eigenvalue weighted by Gasteiger charge is 2.35. The fourth-order valence-corrected chi connectivity index (χ4v) is 6.53. The highest BCUT2D eigenvalue weighted by Crippen LogP contribution is 2.34. The second kappa shape index (κ2) is 8.14. The van der Waals surface area contributed by atoms with Crippen molar-refractivity contribution in [2.45, 2.75) is 38.6 Å². The number of benzene rings is 2. The van der Waals surface area contributed by atoms with Gasteiger partial charge in [0, 0.05) is 37.8 Å². The van der Waals surface area contributed by atoms with Gasteiger partial charge in [-0.3, -0.25) is 4.68 Å². The summed E-state index contributed by atoms with van der Waals surface area (Å²) >= 11 is 0. The minimum Gasteiger partial charge on any atom is -0.414 e. The van der Waals surface area contributed by atoms with Gasteiger partial charge in [-0.1, -0.05) is 29.8 Å². The van der Waals surface area contributed by atoms with E-state index in [1.54, 1.807) is 29.9 Å². The Balaban J connectivity index is 1.53. The Kier molecular flexibility index (Phi) is 5.37. The summed E-state index contributed by atoms with van der Waals surface area (Å²) in [5.74, 6) is -0.308. The quantitative estimate of drug-likeness (QED) is 0.438. The summed E-state index contributed by atoms with van der Waals surface area (Å²) in [7, 11) is -1.94. The van der Waals surface area contributed by atoms with E-state index >= 15 is 0 Å². The smallest absolute Gasteiger partial charge is 0.268 e. The normalized spacial score (nSPS) is 14.4. The monoisotopic (exact) mass is 481 g/mol. The molecule has 4 aromatic rings. The molecule has 0 aliphatic carbocycles. The van der Waals surface area contributed by atoms with E-state index in [2.05, 4.69) is 15.3 Å². The number of sulfonamides is 1. The molecular formula is C24H24FN5O3S. The van der Waals surface area contributed by atoms with Gasteiger partial charge in [-0.15, -0.1) is 10.2 Å². The zero-order valence-corrected chi connectivity index (χ0v) is 20.1. The first kappa shape index (κ1) is 22.4. The second-order valence-corrected chi connectivity index (χ2v) is 10.5. The Hall–Kier alpha value is -3.37. The first-order chi connectivity index (χ1) is 16.2. The molecule has 10 heteroatoms. The lowest BCUT2D eigenvalue weighted by Gasteiger charge is -2.28. The van der Waals surface area contributed by atoms with E-state index in [-0.39, 0.29) is 23.9 Å². The number of nitrogens with zero attached hydrogens (tertiary/aromatic N) is 5. The van der Waals surface area contributed by atoms with Gasteiger partial charge in [-0.25, -0.2) is 12.8 Å². The third-order valence-corrected chi connectivity index (χ3v) is 8.29. The third-order valence-electron chi connectivity index (χ3n) is 6.14. The number of hydrogen-bond acceptors (Lipinski definition) is 6. The average Bonchev–Trinajstić information content (AvgIpc) is 3.38. The predicted molar refractivity (Wildman–Crippen MR) is 124 cm³/mol. The molecule has 176 valence electrons. The van der Waals surface area contributed by atoms with Gasteiger partial charge < -0.3 is 4.42 Å². The molecule has 5 rings (SSSR count). The summed E-state index contributed by atoms with van der Waals surface area (Å²) in [6, 6.07) is 9.90. The van der Waals surface area contributed by atoms with Gasteiger partial charge in [-0.2, -0.15) is 9.40 Å². The molecule has 2 aromatic carbocycles. The van der Waals surface area contributed by atoms with Crippen LogP contribution in [0.3, 0.4) is 0 Å². The molecule has 1 aliphatic heterocycles. The molecule has 0 N–H and O–H groups in total. The molecule has 0 amide bonds. The Bertz CT molecular complexity index is 1500. The maximum absolute atomic E-state index is 14.2. The van der Waals surface area contributed by atoms with E-state index in [0.29, 0.717) is 29.1 Å². The molecular weight excluding hydrogens is 457 g/mol. The third kappa shape index (κ3) is 3.63. The van der Waals surface area contributed by atoms with E-state index in [0.717, 1.165) is 22.4 Å². The highest BCUT2D eigenvalue weighted by molar-refractivity contribution is 7.89. The van der Waals surface area contributed by atoms with Crippen molar-refractivity contribution in [1.82, 2.24) is 24.3 Å². The number of aryl methyl sites for hydroxylation is 4. The van der Waals surface area contributed by atoms with Crippen LogP contribution in [0.5, 0.6) is 0 Å². The molecule has 0 saturated heterocycles. The van der Waals surface area contributed by atoms with Gasteiger partial charge in [0.15, 0.2) is 5.69 Å². The Morgan fingerprint density at radius 2 is 1.71 bits per heavy atom. The maximum atomic E-state index is 14.2. The van der Waals surface area contributed by atoms with E-state index in [9.17, 15) is 12.8 Å². The SMILES string of the molecule is Cc1cc(C)c(S(=O)(=O)N2CCc3c(c(-c4nnc(-c5ccccc5F)o4)nn3C)C2)c(C)c1. The molecule has 34 heavy (non-hydrogen) atoms. The van der Waals surface area contributed by atoms with Crippen LogP contribution in [0.4, 0.5) is 4.39 Å². The summed E-state index contributed by atoms with van der Waals surface area (Å²) in [5.41, 5.74) is 4.69. The molecule has 0 bridgehead atoms. The fraction of sp³-hybridized carbons (Fsp3) is 0.292. The number of hydrogen-bond donors (Lipinski definition) is 0. The standard InChI is InChI=1S/C24H24FN5O3S/c1-14-11-15(2)22(16(3)12-14)34(31,32)30-10-9-20-18(13-30)21(28-29(20)4)24-27-26-23(33-24)17-7-5-6-8-19(17)25/h5-8,11-12H,9-10,13H2,1-4H3. The molecule has 0 atom stereocenters. The van der Waals surface area contributed by atoms with Crippen molar-refractivity contribution in [2.24, 2.45) is 7.05 Å². The summed E-state index contributed by atoms with van der Waals surface area (Å²) < 4.78 is 50.4. The number of aromatic nitrogens is 4. The van der Waals surface area contributed by atoms with Crippen molar-refractivity contribution in [3.8, 4) is 23.0 Å². The van der Waals surface area contributed by atoms with Crippen molar-refractivity contribution in [3.63, 3.8) is 0 Å². The van der Waals surface area contributed by atoms with Crippen LogP contribution in [-0.4, -0.2) is 39.2 Å². The van der Waals surface area contributed by atoms with Crippen molar-refractivity contribution in [3.05, 3.63) is 70.2 Å². The van der Waals surface area contributed by atoms with Gasteiger partial charge in [0.25, 0.3) is 11.8 Å². The van der Waals surface area contributed by atoms with Crippen LogP contribution < -0.4 is 0 Å². The van der Waals surface area contributed by atoms with Crippen LogP contribution in [-0.2, 0) is 30.0 Å². The molecule has 0 unspecified atom stereocenters. The van der Waals surface area contributed by atoms with E-state index in [4.69, 9.17) is 4.42 Å². The lowest BCUT2D eigenvalue weighted by molar-refractivity contribution is 0.385. The summed E-state index contributed by atoms with van der Waals surface area (Å²) in [6.45, 7) is 6.06. The van der Waals surface area contributed by atoms with Crippen LogP contribution in [0.15, 0.2) is 45.7 Å². The highest BCUT2D eigenvalue weighted by atomic mass is 32.2. The van der Waals surface area contributed by atoms with Gasteiger partial charge >= 0.3 is 0 Å². The van der Waals surface area contributed by atoms with Gasteiger partial charge in [0.1, 0.15) is 5.82 Å². The van der Waals surface area contributed by atoms with Crippen molar-refractivity contribution in [2.75, 3.05) is 6.54 Å². The Labute approximate surface area is 197 Å². The minimum absolute atomic E-state index is 0.0405. The Morgan fingerprint density at radius 3 is 2.41 bits per heavy atom. The molecule has 1 aliphatic rings. The minimum atomic E-state index is -3.74. The lowest BCUT2D eigenvalue weighted by Crippen LogP contribution is -2.37. The summed E-state index contributed by atoms with van der Waals surface area (Å²) in [6.07, 6.45) is 0.496. The molecule has 0 radical (unpaired) electrons. The van der Waals surface area contributed by atoms with Crippen LogP contribution >= 0.6 is 0 Å². The van der Waals surface area contributed by atoms with Gasteiger partial charge in [-0.05, 0) is 44.0 Å². The first-order valence-electron chi connectivity index (χ1n) is 10.9. The van der Waals surface area contributed by atoms with Crippen LogP contribution in [0, 0.1) is 26.6 Å². The summed E-state index contributed by atoms with van der Waals surface area (Å²) in [5, 5.41) is 12.6. The topological polar surface area (TPSA) is 94.1 Å². The summed E-state index contributed by atoms with van der Waals surface area (Å²) in [4.78, 5) is 0.339. The van der Waals surface area contributed by atoms with Gasteiger partial charge in [0.05, 0.1) is 10.5 Å². The largest absolute Gasteiger partial charge is 0.414 e. The maximum Gasteiger partial charge on any atom is 0.268 e. The zero-order valence-electron chi connectivity index (χ0n) is 19.3. The fourth-order valence-electron chi connectivity index (χ4n) is 4.71. The first-order valence-corrected chi connectivity index (χ1v) is 12.3. The molecule has 3 heterocycles. The predicted octanol–water partition coefficient (Wildman–Crippen LogP) is 3.95. The number of halogens is 1. The van der Waals surface area contributed by atoms with E-state index in [1.165, 1.54) is 10.4 Å². The second-order valence-electron chi connectivity index (χ2n) is 8.61. The number of rotatable bonds is 4. The molecule has 2 aromatic heterocycles.